The largest absolute Gasteiger partial charge is 0.495 e. The van der Waals surface area contributed by atoms with Crippen LogP contribution in [-0.2, 0) is 9.59 Å². The summed E-state index contributed by atoms with van der Waals surface area (Å²) in [6.45, 7) is 3.79. The number of halogens is 1. The van der Waals surface area contributed by atoms with E-state index in [1.807, 2.05) is 42.8 Å². The molecule has 3 amide bonds. The van der Waals surface area contributed by atoms with E-state index in [0.29, 0.717) is 34.1 Å². The number of aryl methyl sites for hydroxylation is 1. The normalized spacial score (nSPS) is 11.9. The molecule has 10 heteroatoms. The number of anilines is 2. The molecule has 1 unspecified atom stereocenters. The molecule has 216 valence electrons. The molecule has 1 aromatic heterocycles. The van der Waals surface area contributed by atoms with Gasteiger partial charge in [-0.05, 0) is 83.8 Å². The predicted molar refractivity (Wildman–Crippen MR) is 173 cm³/mol. The summed E-state index contributed by atoms with van der Waals surface area (Å²) < 4.78 is 5.39. The van der Waals surface area contributed by atoms with Crippen molar-refractivity contribution in [2.24, 2.45) is 0 Å². The lowest BCUT2D eigenvalue weighted by molar-refractivity contribution is -0.116. The Kier molecular flexibility index (Phi) is 10.8. The first kappa shape index (κ1) is 30.9. The van der Waals surface area contributed by atoms with Crippen molar-refractivity contribution in [1.29, 1.82) is 0 Å². The van der Waals surface area contributed by atoms with E-state index < -0.39 is 11.2 Å². The van der Waals surface area contributed by atoms with Gasteiger partial charge in [-0.1, -0.05) is 42.8 Å². The Balaban J connectivity index is 1.48. The third kappa shape index (κ3) is 8.25. The molecule has 0 fully saturated rings. The first-order valence-electron chi connectivity index (χ1n) is 13.1. The highest BCUT2D eigenvalue weighted by atomic mass is 35.5. The fraction of sp³-hybridized carbons (Fsp3) is 0.156. The lowest BCUT2D eigenvalue weighted by Gasteiger charge is -2.18. The number of ether oxygens (including phenoxy) is 1. The molecule has 0 aliphatic carbocycles. The maximum Gasteiger partial charge on any atom is 0.272 e. The number of carbonyl (C=O) groups is 3. The van der Waals surface area contributed by atoms with Crippen LogP contribution in [0.2, 0.25) is 5.02 Å². The minimum atomic E-state index is -0.470. The maximum atomic E-state index is 13.3. The average molecular weight is 620 g/mol. The van der Waals surface area contributed by atoms with Gasteiger partial charge in [0.2, 0.25) is 5.91 Å². The molecule has 4 aromatic rings. The second-order valence-electron chi connectivity index (χ2n) is 9.22. The van der Waals surface area contributed by atoms with Crippen LogP contribution in [0.3, 0.4) is 0 Å². The Morgan fingerprint density at radius 1 is 1.02 bits per heavy atom. The van der Waals surface area contributed by atoms with Gasteiger partial charge in [0.1, 0.15) is 11.4 Å². The predicted octanol–water partition coefficient (Wildman–Crippen LogP) is 7.64. The van der Waals surface area contributed by atoms with Gasteiger partial charge in [-0.15, -0.1) is 11.8 Å². The highest BCUT2D eigenvalue weighted by Crippen LogP contribution is 2.33. The molecule has 0 radical (unpaired) electrons. The van der Waals surface area contributed by atoms with Crippen molar-refractivity contribution < 1.29 is 19.1 Å². The summed E-state index contributed by atoms with van der Waals surface area (Å²) in [6, 6.07) is 21.3. The van der Waals surface area contributed by atoms with Gasteiger partial charge in [-0.3, -0.25) is 14.4 Å². The van der Waals surface area contributed by atoms with Gasteiger partial charge >= 0.3 is 0 Å². The summed E-state index contributed by atoms with van der Waals surface area (Å²) >= 11 is 9.08. The molecule has 1 heterocycles. The van der Waals surface area contributed by atoms with Gasteiger partial charge in [0.05, 0.1) is 18.0 Å². The lowest BCUT2D eigenvalue weighted by atomic mass is 10.2. The number of methoxy groups -OCH3 is 1. The van der Waals surface area contributed by atoms with Gasteiger partial charge in [0.25, 0.3) is 11.8 Å². The van der Waals surface area contributed by atoms with E-state index in [-0.39, 0.29) is 17.5 Å². The van der Waals surface area contributed by atoms with Crippen LogP contribution in [0.25, 0.3) is 6.08 Å². The number of carbonyl (C=O) groups excluding carboxylic acids is 3. The smallest absolute Gasteiger partial charge is 0.272 e. The summed E-state index contributed by atoms with van der Waals surface area (Å²) in [7, 11) is 1.52. The number of thiophene rings is 1. The third-order valence-electron chi connectivity index (χ3n) is 6.16. The first-order chi connectivity index (χ1) is 20.3. The van der Waals surface area contributed by atoms with E-state index in [1.165, 1.54) is 30.2 Å². The Hall–Kier alpha value is -4.05. The van der Waals surface area contributed by atoms with Crippen molar-refractivity contribution in [2.45, 2.75) is 30.4 Å². The molecule has 4 rings (SSSR count). The molecule has 0 spiro atoms. The van der Waals surface area contributed by atoms with Crippen LogP contribution < -0.4 is 20.7 Å². The van der Waals surface area contributed by atoms with Crippen molar-refractivity contribution >= 4 is 69.9 Å². The van der Waals surface area contributed by atoms with Gasteiger partial charge in [0, 0.05) is 27.2 Å². The second kappa shape index (κ2) is 14.7. The standard InChI is InChI=1S/C32H30ClN3O4S2/c1-4-29(32(39)35-26-15-20(2)25(33)18-28(26)40-3)42-24-12-8-11-23(17-24)34-31(38)27(16-21-13-14-41-19-21)36-30(37)22-9-6-5-7-10-22/h5-19,29H,4H2,1-3H3,(H,34,38)(H,35,39)(H,36,37)/b27-16-. The topological polar surface area (TPSA) is 96.5 Å². The van der Waals surface area contributed by atoms with Crippen molar-refractivity contribution in [3.05, 3.63) is 111 Å². The van der Waals surface area contributed by atoms with Crippen LogP contribution in [0.5, 0.6) is 5.75 Å². The zero-order valence-electron chi connectivity index (χ0n) is 23.3. The SMILES string of the molecule is CCC(Sc1cccc(NC(=O)/C(=C/c2ccsc2)NC(=O)c2ccccc2)c1)C(=O)Nc1cc(C)c(Cl)cc1OC. The molecular weight excluding hydrogens is 590 g/mol. The molecule has 0 saturated carbocycles. The van der Waals surface area contributed by atoms with Crippen LogP contribution in [0.15, 0.2) is 94.1 Å². The summed E-state index contributed by atoms with van der Waals surface area (Å²) in [5.41, 5.74) is 3.25. The first-order valence-corrected chi connectivity index (χ1v) is 15.3. The molecule has 3 aromatic carbocycles. The van der Waals surface area contributed by atoms with E-state index in [9.17, 15) is 14.4 Å². The Morgan fingerprint density at radius 3 is 2.50 bits per heavy atom. The number of nitrogens with one attached hydrogen (secondary N) is 3. The minimum absolute atomic E-state index is 0.110. The molecule has 3 N–H and O–H groups in total. The molecule has 7 nitrogen and oxygen atoms in total. The average Bonchev–Trinajstić information content (AvgIpc) is 3.51. The number of thioether (sulfide) groups is 1. The van der Waals surface area contributed by atoms with Gasteiger partial charge in [-0.2, -0.15) is 11.3 Å². The fourth-order valence-corrected chi connectivity index (χ4v) is 5.73. The highest BCUT2D eigenvalue weighted by Gasteiger charge is 2.21. The molecule has 0 aliphatic heterocycles. The van der Waals surface area contributed by atoms with Crippen molar-refractivity contribution in [1.82, 2.24) is 5.32 Å². The molecule has 1 atom stereocenters. The third-order valence-corrected chi connectivity index (χ3v) is 8.62. The van der Waals surface area contributed by atoms with Crippen LogP contribution >= 0.6 is 34.7 Å². The minimum Gasteiger partial charge on any atom is -0.495 e. The summed E-state index contributed by atoms with van der Waals surface area (Å²) in [4.78, 5) is 40.2. The zero-order valence-corrected chi connectivity index (χ0v) is 25.7. The number of hydrogen-bond acceptors (Lipinski definition) is 6. The summed E-state index contributed by atoms with van der Waals surface area (Å²) in [6.07, 6.45) is 2.20. The fourth-order valence-electron chi connectivity index (χ4n) is 3.94. The number of amides is 3. The van der Waals surface area contributed by atoms with E-state index >= 15 is 0 Å². The zero-order chi connectivity index (χ0) is 30.1. The molecule has 42 heavy (non-hydrogen) atoms. The monoisotopic (exact) mass is 619 g/mol. The van der Waals surface area contributed by atoms with Crippen LogP contribution in [0.1, 0.15) is 34.8 Å². The highest BCUT2D eigenvalue weighted by molar-refractivity contribution is 8.00. The van der Waals surface area contributed by atoms with Crippen molar-refractivity contribution in [3.8, 4) is 5.75 Å². The van der Waals surface area contributed by atoms with E-state index in [2.05, 4.69) is 16.0 Å². The van der Waals surface area contributed by atoms with Crippen LogP contribution in [-0.4, -0.2) is 30.1 Å². The van der Waals surface area contributed by atoms with Crippen molar-refractivity contribution in [3.63, 3.8) is 0 Å². The molecule has 0 saturated heterocycles. The number of benzene rings is 3. The Labute approximate surface area is 258 Å². The quantitative estimate of drug-likeness (QED) is 0.118. The molecule has 0 aliphatic rings. The second-order valence-corrected chi connectivity index (χ2v) is 11.7. The van der Waals surface area contributed by atoms with Crippen LogP contribution in [0.4, 0.5) is 11.4 Å². The van der Waals surface area contributed by atoms with Gasteiger partial charge < -0.3 is 20.7 Å². The summed E-state index contributed by atoms with van der Waals surface area (Å²) in [5, 5.41) is 12.5. The van der Waals surface area contributed by atoms with E-state index in [4.69, 9.17) is 16.3 Å². The van der Waals surface area contributed by atoms with E-state index in [0.717, 1.165) is 16.0 Å². The molecule has 0 bridgehead atoms. The lowest BCUT2D eigenvalue weighted by Crippen LogP contribution is -2.30. The van der Waals surface area contributed by atoms with E-state index in [1.54, 1.807) is 60.7 Å². The Morgan fingerprint density at radius 2 is 1.81 bits per heavy atom. The van der Waals surface area contributed by atoms with Gasteiger partial charge in [0.15, 0.2) is 0 Å². The maximum absolute atomic E-state index is 13.3. The Bertz CT molecular complexity index is 1590. The van der Waals surface area contributed by atoms with Gasteiger partial charge in [-0.25, -0.2) is 0 Å². The number of rotatable bonds is 11. The summed E-state index contributed by atoms with van der Waals surface area (Å²) in [5.74, 6) is -0.556. The van der Waals surface area contributed by atoms with Crippen LogP contribution in [0, 0.1) is 6.92 Å². The number of hydrogen-bond donors (Lipinski definition) is 3. The molecular formula is C32H30ClN3O4S2. The van der Waals surface area contributed by atoms with Crippen molar-refractivity contribution in [2.75, 3.05) is 17.7 Å².